The first-order chi connectivity index (χ1) is 9.02. The number of carboxylic acids is 2. The van der Waals surface area contributed by atoms with Gasteiger partial charge in [-0.05, 0) is 11.6 Å². The molecule has 0 amide bonds. The lowest BCUT2D eigenvalue weighted by molar-refractivity contribution is -0.268. The lowest BCUT2D eigenvalue weighted by atomic mass is 10.2. The Morgan fingerprint density at radius 1 is 0.895 bits per heavy atom. The fraction of sp³-hybridized carbons (Fsp3) is 0. The molecule has 0 aliphatic rings. The summed E-state index contributed by atoms with van der Waals surface area (Å²) < 4.78 is 0. The fourth-order valence-electron chi connectivity index (χ4n) is 1.22. The van der Waals surface area contributed by atoms with E-state index in [9.17, 15) is 19.8 Å². The van der Waals surface area contributed by atoms with E-state index in [1.54, 1.807) is 18.2 Å². The summed E-state index contributed by atoms with van der Waals surface area (Å²) in [7, 11) is 0. The Kier molecular flexibility index (Phi) is 5.10. The number of rotatable bonds is 2. The Morgan fingerprint density at radius 2 is 1.42 bits per heavy atom. The van der Waals surface area contributed by atoms with Gasteiger partial charge in [-0.2, -0.15) is 0 Å². The van der Waals surface area contributed by atoms with Gasteiger partial charge in [-0.1, -0.05) is 54.3 Å². The van der Waals surface area contributed by atoms with Crippen molar-refractivity contribution in [2.75, 3.05) is 0 Å². The third-order valence-corrected chi connectivity index (χ3v) is 2.13. The zero-order chi connectivity index (χ0) is 14.3. The summed E-state index contributed by atoms with van der Waals surface area (Å²) in [5.41, 5.74) is 0.0417. The van der Waals surface area contributed by atoms with Gasteiger partial charge in [0, 0.05) is 0 Å². The number of carboxylic acid groups (broad SMARTS) is 2. The third kappa shape index (κ3) is 4.51. The van der Waals surface area contributed by atoms with Gasteiger partial charge in [-0.25, -0.2) is 4.79 Å². The molecule has 0 spiro atoms. The molecule has 0 heterocycles. The molecule has 1 N–H and O–H groups in total. The molecule has 2 aromatic rings. The van der Waals surface area contributed by atoms with Crippen LogP contribution in [0.1, 0.15) is 20.7 Å². The van der Waals surface area contributed by atoms with Crippen molar-refractivity contribution < 1.29 is 24.9 Å². The van der Waals surface area contributed by atoms with Gasteiger partial charge in [0.05, 0.1) is 11.5 Å². The van der Waals surface area contributed by atoms with Crippen LogP contribution in [-0.2, 0) is 0 Å². The average Bonchev–Trinajstić information content (AvgIpc) is 2.40. The van der Waals surface area contributed by atoms with Gasteiger partial charge in [0.15, 0.2) is 0 Å². The first kappa shape index (κ1) is 14.2. The van der Waals surface area contributed by atoms with Crippen LogP contribution in [0.4, 0.5) is 0 Å². The quantitative estimate of drug-likeness (QED) is 0.845. The standard InChI is InChI=1S/C7H6O3.C7H6O2/c8-6-4-2-1-3-5(6)7(9)10;8-7(9)6-4-2-1-3-5-6/h1-4,8H,(H,9,10);1-5H,(H,8,9)/p-2. The van der Waals surface area contributed by atoms with Gasteiger partial charge in [0.25, 0.3) is 0 Å². The molecule has 0 atom stereocenters. The summed E-state index contributed by atoms with van der Waals surface area (Å²) in [4.78, 5) is 20.3. The summed E-state index contributed by atoms with van der Waals surface area (Å²) in [6, 6.07) is 13.6. The van der Waals surface area contributed by atoms with Crippen molar-refractivity contribution in [2.24, 2.45) is 0 Å². The molecular weight excluding hydrogens is 248 g/mol. The zero-order valence-electron chi connectivity index (χ0n) is 9.78. The highest BCUT2D eigenvalue weighted by atomic mass is 16.4. The highest BCUT2D eigenvalue weighted by Gasteiger charge is 1.99. The summed E-state index contributed by atoms with van der Waals surface area (Å²) in [6.07, 6.45) is 0. The van der Waals surface area contributed by atoms with E-state index < -0.39 is 17.7 Å². The van der Waals surface area contributed by atoms with Crippen molar-refractivity contribution in [2.45, 2.75) is 0 Å². The molecule has 2 rings (SSSR count). The minimum absolute atomic E-state index is 0.178. The van der Waals surface area contributed by atoms with Gasteiger partial charge in [0.2, 0.25) is 0 Å². The summed E-state index contributed by atoms with van der Waals surface area (Å²) in [5, 5.41) is 29.1. The second kappa shape index (κ2) is 6.80. The molecular formula is C14H10O5-2. The molecule has 0 aromatic heterocycles. The molecule has 98 valence electrons. The van der Waals surface area contributed by atoms with Gasteiger partial charge in [-0.3, -0.25) is 0 Å². The van der Waals surface area contributed by atoms with Crippen LogP contribution in [-0.4, -0.2) is 17.0 Å². The van der Waals surface area contributed by atoms with Gasteiger partial charge >= 0.3 is 5.97 Å². The van der Waals surface area contributed by atoms with Crippen molar-refractivity contribution in [3.05, 3.63) is 65.7 Å². The highest BCUT2D eigenvalue weighted by molar-refractivity contribution is 5.90. The van der Waals surface area contributed by atoms with Crippen molar-refractivity contribution >= 4 is 11.9 Å². The SMILES string of the molecule is O=C(O)c1ccccc1[O-].O=C([O-])c1ccccc1. The van der Waals surface area contributed by atoms with E-state index >= 15 is 0 Å². The maximum absolute atomic E-state index is 10.7. The Bertz CT molecular complexity index is 563. The van der Waals surface area contributed by atoms with Crippen LogP contribution in [0, 0.1) is 0 Å². The van der Waals surface area contributed by atoms with E-state index in [1.807, 2.05) is 0 Å². The molecule has 5 heteroatoms. The Hall–Kier alpha value is -2.82. The van der Waals surface area contributed by atoms with Crippen LogP contribution < -0.4 is 10.2 Å². The monoisotopic (exact) mass is 258 g/mol. The third-order valence-electron chi connectivity index (χ3n) is 2.13. The van der Waals surface area contributed by atoms with Gasteiger partial charge in [0.1, 0.15) is 0 Å². The van der Waals surface area contributed by atoms with Crippen LogP contribution in [0.5, 0.6) is 5.75 Å². The zero-order valence-corrected chi connectivity index (χ0v) is 9.78. The molecule has 0 saturated heterocycles. The smallest absolute Gasteiger partial charge is 0.335 e. The lowest BCUT2D eigenvalue weighted by Crippen LogP contribution is -2.21. The van der Waals surface area contributed by atoms with E-state index in [1.165, 1.54) is 36.4 Å². The summed E-state index contributed by atoms with van der Waals surface area (Å²) in [6.45, 7) is 0. The predicted molar refractivity (Wildman–Crippen MR) is 63.6 cm³/mol. The molecule has 0 fully saturated rings. The molecule has 5 nitrogen and oxygen atoms in total. The second-order valence-corrected chi connectivity index (χ2v) is 3.45. The molecule has 2 aromatic carbocycles. The molecule has 0 aliphatic carbocycles. The second-order valence-electron chi connectivity index (χ2n) is 3.45. The fourth-order valence-corrected chi connectivity index (χ4v) is 1.22. The maximum atomic E-state index is 10.7. The summed E-state index contributed by atoms with van der Waals surface area (Å²) >= 11 is 0. The van der Waals surface area contributed by atoms with Gasteiger partial charge < -0.3 is 20.1 Å². The average molecular weight is 258 g/mol. The predicted octanol–water partition coefficient (Wildman–Crippen LogP) is 0.508. The van der Waals surface area contributed by atoms with Crippen molar-refractivity contribution in [1.29, 1.82) is 0 Å². The molecule has 0 aliphatic heterocycles. The number of carbonyl (C=O) groups is 2. The van der Waals surface area contributed by atoms with Crippen LogP contribution in [0.2, 0.25) is 0 Å². The van der Waals surface area contributed by atoms with Crippen LogP contribution >= 0.6 is 0 Å². The number of carbonyl (C=O) groups excluding carboxylic acids is 1. The minimum Gasteiger partial charge on any atom is -0.872 e. The molecule has 19 heavy (non-hydrogen) atoms. The van der Waals surface area contributed by atoms with Crippen LogP contribution in [0.25, 0.3) is 0 Å². The number of benzene rings is 2. The summed E-state index contributed by atoms with van der Waals surface area (Å²) in [5.74, 6) is -2.75. The lowest BCUT2D eigenvalue weighted by Gasteiger charge is -2.07. The Balaban J connectivity index is 0.000000191. The topological polar surface area (TPSA) is 100 Å². The van der Waals surface area contributed by atoms with E-state index in [4.69, 9.17) is 5.11 Å². The first-order valence-electron chi connectivity index (χ1n) is 5.28. The molecule has 0 saturated carbocycles. The number of para-hydroxylation sites is 1. The first-order valence-corrected chi connectivity index (χ1v) is 5.28. The van der Waals surface area contributed by atoms with Crippen LogP contribution in [0.3, 0.4) is 0 Å². The highest BCUT2D eigenvalue weighted by Crippen LogP contribution is 2.10. The Labute approximate surface area is 109 Å². The molecule has 0 radical (unpaired) electrons. The molecule has 0 bridgehead atoms. The Morgan fingerprint density at radius 3 is 1.79 bits per heavy atom. The van der Waals surface area contributed by atoms with Crippen molar-refractivity contribution in [3.63, 3.8) is 0 Å². The van der Waals surface area contributed by atoms with E-state index in [0.717, 1.165) is 0 Å². The van der Waals surface area contributed by atoms with Crippen LogP contribution in [0.15, 0.2) is 54.6 Å². The van der Waals surface area contributed by atoms with Gasteiger partial charge in [-0.15, -0.1) is 0 Å². The number of aromatic carboxylic acids is 2. The maximum Gasteiger partial charge on any atom is 0.335 e. The minimum atomic E-state index is -1.18. The normalized spacial score (nSPS) is 9.05. The number of hydrogen-bond donors (Lipinski definition) is 1. The van der Waals surface area contributed by atoms with E-state index in [2.05, 4.69) is 0 Å². The van der Waals surface area contributed by atoms with Crippen molar-refractivity contribution in [1.82, 2.24) is 0 Å². The number of hydrogen-bond acceptors (Lipinski definition) is 4. The molecule has 0 unspecified atom stereocenters. The van der Waals surface area contributed by atoms with E-state index in [-0.39, 0.29) is 11.1 Å². The van der Waals surface area contributed by atoms with Crippen molar-refractivity contribution in [3.8, 4) is 5.75 Å². The van der Waals surface area contributed by atoms with E-state index in [0.29, 0.717) is 0 Å². The largest absolute Gasteiger partial charge is 0.872 e.